The van der Waals surface area contributed by atoms with Crippen molar-refractivity contribution in [2.45, 2.75) is 6.42 Å². The van der Waals surface area contributed by atoms with Crippen LogP contribution < -0.4 is 10.5 Å². The Bertz CT molecular complexity index is 545. The Labute approximate surface area is 114 Å². The van der Waals surface area contributed by atoms with Crippen LogP contribution in [0.15, 0.2) is 46.9 Å². The molecular formula is C14H13BrFNO. The molecule has 4 heteroatoms. The molecule has 0 heterocycles. The molecule has 0 aromatic heterocycles. The van der Waals surface area contributed by atoms with Gasteiger partial charge in [0.1, 0.15) is 17.3 Å². The monoisotopic (exact) mass is 309 g/mol. The van der Waals surface area contributed by atoms with Gasteiger partial charge in [-0.3, -0.25) is 0 Å². The normalized spacial score (nSPS) is 10.4. The van der Waals surface area contributed by atoms with E-state index in [4.69, 9.17) is 10.5 Å². The van der Waals surface area contributed by atoms with Crippen LogP contribution in [0, 0.1) is 5.82 Å². The number of halogens is 2. The van der Waals surface area contributed by atoms with Crippen LogP contribution in [0.5, 0.6) is 11.5 Å². The summed E-state index contributed by atoms with van der Waals surface area (Å²) in [6.07, 6.45) is 0.712. The van der Waals surface area contributed by atoms with Gasteiger partial charge in [0.25, 0.3) is 0 Å². The number of hydrogen-bond acceptors (Lipinski definition) is 2. The summed E-state index contributed by atoms with van der Waals surface area (Å²) in [5.41, 5.74) is 6.56. The highest BCUT2D eigenvalue weighted by Gasteiger charge is 2.06. The van der Waals surface area contributed by atoms with Crippen LogP contribution in [0.2, 0.25) is 0 Å². The lowest BCUT2D eigenvalue weighted by atomic mass is 10.1. The first-order valence-electron chi connectivity index (χ1n) is 5.61. The minimum Gasteiger partial charge on any atom is -0.457 e. The summed E-state index contributed by atoms with van der Waals surface area (Å²) >= 11 is 3.41. The highest BCUT2D eigenvalue weighted by molar-refractivity contribution is 9.10. The van der Waals surface area contributed by atoms with Crippen molar-refractivity contribution in [2.75, 3.05) is 6.54 Å². The Morgan fingerprint density at radius 2 is 2.00 bits per heavy atom. The molecule has 0 spiro atoms. The zero-order chi connectivity index (χ0) is 13.0. The van der Waals surface area contributed by atoms with Crippen LogP contribution in [0.4, 0.5) is 4.39 Å². The van der Waals surface area contributed by atoms with Crippen molar-refractivity contribution in [2.24, 2.45) is 5.73 Å². The molecule has 2 aromatic carbocycles. The van der Waals surface area contributed by atoms with E-state index in [-0.39, 0.29) is 5.82 Å². The number of hydrogen-bond donors (Lipinski definition) is 1. The van der Waals surface area contributed by atoms with E-state index in [1.54, 1.807) is 12.1 Å². The van der Waals surface area contributed by atoms with E-state index < -0.39 is 0 Å². The fourth-order valence-electron chi connectivity index (χ4n) is 1.66. The first kappa shape index (κ1) is 13.1. The number of nitrogens with two attached hydrogens (primary N) is 1. The number of rotatable bonds is 4. The highest BCUT2D eigenvalue weighted by atomic mass is 79.9. The molecule has 0 radical (unpaired) electrons. The van der Waals surface area contributed by atoms with Crippen molar-refractivity contribution < 1.29 is 9.13 Å². The molecule has 0 aliphatic carbocycles. The van der Waals surface area contributed by atoms with E-state index in [9.17, 15) is 4.39 Å². The second-order valence-electron chi connectivity index (χ2n) is 3.85. The standard InChI is InChI=1S/C14H13BrFNO/c15-11-4-5-14(10(8-11)6-7-17)18-13-3-1-2-12(16)9-13/h1-5,8-9H,6-7,17H2. The minimum absolute atomic E-state index is 0.315. The Morgan fingerprint density at radius 3 is 2.72 bits per heavy atom. The molecule has 0 unspecified atom stereocenters. The Kier molecular flexibility index (Phi) is 4.33. The second-order valence-corrected chi connectivity index (χ2v) is 4.77. The maximum Gasteiger partial charge on any atom is 0.130 e. The van der Waals surface area contributed by atoms with E-state index >= 15 is 0 Å². The largest absolute Gasteiger partial charge is 0.457 e. The first-order chi connectivity index (χ1) is 8.69. The SMILES string of the molecule is NCCc1cc(Br)ccc1Oc1cccc(F)c1. The molecule has 0 atom stereocenters. The van der Waals surface area contributed by atoms with Crippen LogP contribution in [-0.4, -0.2) is 6.54 Å². The van der Waals surface area contributed by atoms with E-state index in [0.717, 1.165) is 10.0 Å². The van der Waals surface area contributed by atoms with Gasteiger partial charge in [0.15, 0.2) is 0 Å². The third-order valence-corrected chi connectivity index (χ3v) is 2.95. The first-order valence-corrected chi connectivity index (χ1v) is 6.40. The second kappa shape index (κ2) is 5.98. The molecule has 2 rings (SSSR count). The molecule has 0 aliphatic heterocycles. The average molecular weight is 310 g/mol. The van der Waals surface area contributed by atoms with Gasteiger partial charge in [-0.25, -0.2) is 4.39 Å². The molecule has 0 fully saturated rings. The van der Waals surface area contributed by atoms with Crippen molar-refractivity contribution in [1.82, 2.24) is 0 Å². The Balaban J connectivity index is 2.28. The summed E-state index contributed by atoms with van der Waals surface area (Å²) in [6.45, 7) is 0.538. The molecule has 0 saturated carbocycles. The molecular weight excluding hydrogens is 297 g/mol. The molecule has 0 bridgehead atoms. The summed E-state index contributed by atoms with van der Waals surface area (Å²) in [6, 6.07) is 11.8. The van der Waals surface area contributed by atoms with E-state index in [1.165, 1.54) is 12.1 Å². The summed E-state index contributed by atoms with van der Waals surface area (Å²) < 4.78 is 19.7. The molecule has 18 heavy (non-hydrogen) atoms. The van der Waals surface area contributed by atoms with Gasteiger partial charge < -0.3 is 10.5 Å². The molecule has 94 valence electrons. The number of ether oxygens (including phenoxy) is 1. The van der Waals surface area contributed by atoms with E-state index in [2.05, 4.69) is 15.9 Å². The Morgan fingerprint density at radius 1 is 1.17 bits per heavy atom. The molecule has 2 nitrogen and oxygen atoms in total. The lowest BCUT2D eigenvalue weighted by molar-refractivity contribution is 0.470. The van der Waals surface area contributed by atoms with Crippen molar-refractivity contribution in [3.05, 3.63) is 58.3 Å². The smallest absolute Gasteiger partial charge is 0.130 e. The van der Waals surface area contributed by atoms with E-state index in [1.807, 2.05) is 18.2 Å². The van der Waals surface area contributed by atoms with Crippen LogP contribution in [0.3, 0.4) is 0 Å². The van der Waals surface area contributed by atoms with Gasteiger partial charge in [-0.1, -0.05) is 22.0 Å². The van der Waals surface area contributed by atoms with Crippen LogP contribution in [-0.2, 0) is 6.42 Å². The molecule has 2 N–H and O–H groups in total. The van der Waals surface area contributed by atoms with Gasteiger partial charge in [0, 0.05) is 10.5 Å². The summed E-state index contributed by atoms with van der Waals surface area (Å²) in [7, 11) is 0. The molecule has 2 aromatic rings. The van der Waals surface area contributed by atoms with Gasteiger partial charge in [-0.05, 0) is 48.9 Å². The van der Waals surface area contributed by atoms with Crippen LogP contribution in [0.25, 0.3) is 0 Å². The lowest BCUT2D eigenvalue weighted by Gasteiger charge is -2.11. The van der Waals surface area contributed by atoms with Crippen LogP contribution in [0.1, 0.15) is 5.56 Å². The fraction of sp³-hybridized carbons (Fsp3) is 0.143. The van der Waals surface area contributed by atoms with Gasteiger partial charge in [0.2, 0.25) is 0 Å². The number of benzene rings is 2. The minimum atomic E-state index is -0.315. The summed E-state index contributed by atoms with van der Waals surface area (Å²) in [5, 5.41) is 0. The zero-order valence-electron chi connectivity index (χ0n) is 9.70. The maximum absolute atomic E-state index is 13.1. The predicted octanol–water partition coefficient (Wildman–Crippen LogP) is 3.88. The van der Waals surface area contributed by atoms with Crippen LogP contribution >= 0.6 is 15.9 Å². The van der Waals surface area contributed by atoms with Gasteiger partial charge in [0.05, 0.1) is 0 Å². The average Bonchev–Trinajstić information content (AvgIpc) is 2.33. The fourth-order valence-corrected chi connectivity index (χ4v) is 2.06. The third-order valence-electron chi connectivity index (χ3n) is 2.46. The van der Waals surface area contributed by atoms with Crippen molar-refractivity contribution in [3.8, 4) is 11.5 Å². The van der Waals surface area contributed by atoms with Crippen molar-refractivity contribution >= 4 is 15.9 Å². The predicted molar refractivity (Wildman–Crippen MR) is 73.4 cm³/mol. The molecule has 0 saturated heterocycles. The van der Waals surface area contributed by atoms with Gasteiger partial charge in [-0.15, -0.1) is 0 Å². The Hall–Kier alpha value is -1.39. The molecule has 0 aliphatic rings. The maximum atomic E-state index is 13.1. The highest BCUT2D eigenvalue weighted by Crippen LogP contribution is 2.28. The van der Waals surface area contributed by atoms with E-state index in [0.29, 0.717) is 24.5 Å². The third kappa shape index (κ3) is 3.31. The lowest BCUT2D eigenvalue weighted by Crippen LogP contribution is -2.04. The quantitative estimate of drug-likeness (QED) is 0.930. The van der Waals surface area contributed by atoms with Crippen molar-refractivity contribution in [3.63, 3.8) is 0 Å². The van der Waals surface area contributed by atoms with Gasteiger partial charge in [-0.2, -0.15) is 0 Å². The topological polar surface area (TPSA) is 35.2 Å². The zero-order valence-corrected chi connectivity index (χ0v) is 11.3. The van der Waals surface area contributed by atoms with Crippen molar-refractivity contribution in [1.29, 1.82) is 0 Å². The van der Waals surface area contributed by atoms with Gasteiger partial charge >= 0.3 is 0 Å². The summed E-state index contributed by atoms with van der Waals surface area (Å²) in [4.78, 5) is 0. The summed E-state index contributed by atoms with van der Waals surface area (Å²) in [5.74, 6) is 0.870. The molecule has 0 amide bonds.